The van der Waals surface area contributed by atoms with Gasteiger partial charge < -0.3 is 24.6 Å². The van der Waals surface area contributed by atoms with Crippen LogP contribution < -0.4 is 10.1 Å². The maximum atomic E-state index is 12.9. The molecular formula is C21H24NO8P. The highest BCUT2D eigenvalue weighted by molar-refractivity contribution is 7.46. The number of amides is 1. The average Bonchev–Trinajstić information content (AvgIpc) is 2.69. The maximum Gasteiger partial charge on any atom is 0.471 e. The van der Waals surface area contributed by atoms with Crippen LogP contribution in [0.4, 0.5) is 0 Å². The largest absolute Gasteiger partial charge is 0.485 e. The lowest BCUT2D eigenvalue weighted by molar-refractivity contribution is -0.141. The molecule has 2 unspecified atom stereocenters. The molecule has 1 heterocycles. The number of nitrogens with one attached hydrogen (secondary N) is 1. The van der Waals surface area contributed by atoms with Crippen molar-refractivity contribution in [2.24, 2.45) is 0 Å². The molecule has 2 aromatic rings. The molecule has 0 aliphatic carbocycles. The van der Waals surface area contributed by atoms with Gasteiger partial charge in [0.1, 0.15) is 17.5 Å². The molecule has 1 aliphatic rings. The lowest BCUT2D eigenvalue weighted by Gasteiger charge is -2.44. The minimum absolute atomic E-state index is 0.164. The maximum absolute atomic E-state index is 12.9. The van der Waals surface area contributed by atoms with E-state index in [1.54, 1.807) is 62.4 Å². The highest BCUT2D eigenvalue weighted by atomic mass is 31.2. The molecule has 1 aliphatic heterocycles. The summed E-state index contributed by atoms with van der Waals surface area (Å²) in [6.45, 7) is 4.15. The quantitative estimate of drug-likeness (QED) is 0.334. The van der Waals surface area contributed by atoms with Gasteiger partial charge in [0.25, 0.3) is 5.91 Å². The smallest absolute Gasteiger partial charge is 0.471 e. The van der Waals surface area contributed by atoms with E-state index in [1.807, 2.05) is 0 Å². The third kappa shape index (κ3) is 5.58. The Bertz CT molecular complexity index is 1020. The molecule has 31 heavy (non-hydrogen) atoms. The van der Waals surface area contributed by atoms with Crippen LogP contribution in [-0.4, -0.2) is 40.0 Å². The highest BCUT2D eigenvalue weighted by Crippen LogP contribution is 2.43. The van der Waals surface area contributed by atoms with Gasteiger partial charge in [0.2, 0.25) is 0 Å². The molecule has 0 spiro atoms. The number of ketones is 1. The number of hydrogen-bond acceptors (Lipinski definition) is 6. The van der Waals surface area contributed by atoms with E-state index in [1.165, 1.54) is 6.92 Å². The lowest BCUT2D eigenvalue weighted by Crippen LogP contribution is -2.55. The molecule has 0 aromatic heterocycles. The van der Waals surface area contributed by atoms with Crippen molar-refractivity contribution in [3.05, 3.63) is 65.2 Å². The molecule has 1 amide bonds. The fraction of sp³-hybridized carbons (Fsp3) is 0.333. The molecule has 166 valence electrons. The van der Waals surface area contributed by atoms with Crippen LogP contribution in [0, 0.1) is 0 Å². The zero-order valence-corrected chi connectivity index (χ0v) is 18.2. The van der Waals surface area contributed by atoms with Crippen molar-refractivity contribution in [3.8, 4) is 5.75 Å². The van der Waals surface area contributed by atoms with Crippen LogP contribution in [0.15, 0.2) is 48.5 Å². The van der Waals surface area contributed by atoms with Gasteiger partial charge in [0, 0.05) is 16.7 Å². The number of fused-ring (bicyclic) bond motifs is 1. The number of hydrogen-bond donors (Lipinski definition) is 3. The second kappa shape index (κ2) is 8.90. The van der Waals surface area contributed by atoms with Crippen molar-refractivity contribution in [2.45, 2.75) is 38.5 Å². The second-order valence-corrected chi connectivity index (χ2v) is 8.90. The summed E-state index contributed by atoms with van der Waals surface area (Å²) in [5.74, 6) is -0.0841. The van der Waals surface area contributed by atoms with E-state index >= 15 is 0 Å². The summed E-state index contributed by atoms with van der Waals surface area (Å²) in [6.07, 6.45) is -0.888. The van der Waals surface area contributed by atoms with Crippen LogP contribution >= 0.6 is 7.82 Å². The summed E-state index contributed by atoms with van der Waals surface area (Å²) in [7, 11) is -4.76. The van der Waals surface area contributed by atoms with Gasteiger partial charge in [-0.25, -0.2) is 4.57 Å². The Labute approximate surface area is 179 Å². The van der Waals surface area contributed by atoms with Crippen molar-refractivity contribution in [1.29, 1.82) is 0 Å². The summed E-state index contributed by atoms with van der Waals surface area (Å²) in [4.78, 5) is 42.7. The summed E-state index contributed by atoms with van der Waals surface area (Å²) in [5.41, 5.74) is 0.350. The van der Waals surface area contributed by atoms with Crippen molar-refractivity contribution < 1.29 is 37.9 Å². The predicted octanol–water partition coefficient (Wildman–Crippen LogP) is 2.98. The molecule has 2 atom stereocenters. The Kier molecular flexibility index (Phi) is 6.64. The van der Waals surface area contributed by atoms with Gasteiger partial charge in [-0.15, -0.1) is 0 Å². The first-order valence-corrected chi connectivity index (χ1v) is 11.0. The fourth-order valence-corrected chi connectivity index (χ4v) is 3.64. The van der Waals surface area contributed by atoms with Crippen LogP contribution in [-0.2, 0) is 13.8 Å². The van der Waals surface area contributed by atoms with Crippen LogP contribution in [0.2, 0.25) is 0 Å². The normalized spacial score (nSPS) is 19.8. The predicted molar refractivity (Wildman–Crippen MR) is 111 cm³/mol. The zero-order chi connectivity index (χ0) is 22.8. The molecule has 9 nitrogen and oxygen atoms in total. The van der Waals surface area contributed by atoms with Crippen LogP contribution in [0.1, 0.15) is 53.1 Å². The molecule has 2 aromatic carbocycles. The second-order valence-electron chi connectivity index (χ2n) is 7.66. The van der Waals surface area contributed by atoms with Crippen LogP contribution in [0.5, 0.6) is 5.75 Å². The van der Waals surface area contributed by atoms with E-state index in [9.17, 15) is 14.2 Å². The first kappa shape index (κ1) is 23.1. The monoisotopic (exact) mass is 449 g/mol. The molecular weight excluding hydrogens is 425 g/mol. The average molecular weight is 449 g/mol. The Morgan fingerprint density at radius 1 is 1.13 bits per heavy atom. The van der Waals surface area contributed by atoms with E-state index < -0.39 is 32.4 Å². The molecule has 0 radical (unpaired) electrons. The topological polar surface area (TPSA) is 131 Å². The van der Waals surface area contributed by atoms with Gasteiger partial charge in [0.15, 0.2) is 12.6 Å². The Hall–Kier alpha value is -2.55. The highest BCUT2D eigenvalue weighted by Gasteiger charge is 2.46. The fourth-order valence-electron chi connectivity index (χ4n) is 3.45. The number of rotatable bonds is 7. The molecule has 3 rings (SSSR count). The number of Topliss-reactive ketones (excluding diaryl/α,β-unsaturated/α-hetero) is 1. The number of carbonyl (C=O) groups excluding carboxylic acids is 2. The number of phosphoric acid groups is 1. The van der Waals surface area contributed by atoms with E-state index in [4.69, 9.17) is 19.3 Å². The Morgan fingerprint density at radius 3 is 2.42 bits per heavy atom. The number of phosphoric ester groups is 1. The Morgan fingerprint density at radius 2 is 1.81 bits per heavy atom. The lowest BCUT2D eigenvalue weighted by atomic mass is 9.85. The van der Waals surface area contributed by atoms with Crippen molar-refractivity contribution in [3.63, 3.8) is 0 Å². The number of carbonyl (C=O) groups is 2. The van der Waals surface area contributed by atoms with Gasteiger partial charge in [-0.05, 0) is 51.1 Å². The molecule has 0 saturated heterocycles. The van der Waals surface area contributed by atoms with E-state index in [0.29, 0.717) is 22.4 Å². The van der Waals surface area contributed by atoms with Crippen molar-refractivity contribution in [1.82, 2.24) is 5.32 Å². The minimum Gasteiger partial charge on any atom is -0.485 e. The first-order valence-electron chi connectivity index (χ1n) is 9.49. The summed E-state index contributed by atoms with van der Waals surface area (Å²) in [6, 6.07) is 12.7. The molecule has 0 bridgehead atoms. The van der Waals surface area contributed by atoms with E-state index in [0.717, 1.165) is 0 Å². The third-order valence-electron chi connectivity index (χ3n) is 4.90. The van der Waals surface area contributed by atoms with Crippen LogP contribution in [0.3, 0.4) is 0 Å². The molecule has 0 fully saturated rings. The van der Waals surface area contributed by atoms with Crippen molar-refractivity contribution >= 4 is 19.5 Å². The Balaban J connectivity index is 1.99. The SMILES string of the molecule is CC(=O)c1ccc2c(c1)C(NC(=O)c1ccccc1)C(OCOP(=O)(O)O)C(C)(C)O2. The van der Waals surface area contributed by atoms with E-state index in [2.05, 4.69) is 9.84 Å². The number of ether oxygens (including phenoxy) is 2. The van der Waals surface area contributed by atoms with Gasteiger partial charge in [-0.2, -0.15) is 0 Å². The molecule has 0 saturated carbocycles. The van der Waals surface area contributed by atoms with Gasteiger partial charge in [-0.3, -0.25) is 14.1 Å². The molecule has 3 N–H and O–H groups in total. The van der Waals surface area contributed by atoms with Crippen LogP contribution in [0.25, 0.3) is 0 Å². The van der Waals surface area contributed by atoms with Gasteiger partial charge >= 0.3 is 7.82 Å². The van der Waals surface area contributed by atoms with Crippen molar-refractivity contribution in [2.75, 3.05) is 6.79 Å². The third-order valence-corrected chi connectivity index (χ3v) is 5.35. The summed E-state index contributed by atoms with van der Waals surface area (Å²) < 4.78 is 27.2. The van der Waals surface area contributed by atoms with Gasteiger partial charge in [-0.1, -0.05) is 18.2 Å². The number of benzene rings is 2. The van der Waals surface area contributed by atoms with E-state index in [-0.39, 0.29) is 11.7 Å². The summed E-state index contributed by atoms with van der Waals surface area (Å²) >= 11 is 0. The first-order chi connectivity index (χ1) is 14.5. The summed E-state index contributed by atoms with van der Waals surface area (Å²) in [5, 5.41) is 2.91. The minimum atomic E-state index is -4.76. The molecule has 10 heteroatoms. The van der Waals surface area contributed by atoms with Gasteiger partial charge in [0.05, 0.1) is 6.04 Å². The standard InChI is InChI=1S/C21H24NO8P/c1-13(23)15-9-10-17-16(11-15)18(22-20(24)14-7-5-4-6-8-14)19(21(2,3)30-17)28-12-29-31(25,26)27/h4-11,18-19H,12H2,1-3H3,(H,22,24)(H2,25,26,27). The zero-order valence-electron chi connectivity index (χ0n) is 17.3.